The molecule has 2 aliphatic rings. The van der Waals surface area contributed by atoms with Crippen molar-refractivity contribution < 1.29 is 18.9 Å². The van der Waals surface area contributed by atoms with Crippen LogP contribution in [0.15, 0.2) is 34.1 Å². The van der Waals surface area contributed by atoms with Gasteiger partial charge in [0.1, 0.15) is 0 Å². The summed E-state index contributed by atoms with van der Waals surface area (Å²) in [6.45, 7) is 0.0707. The Morgan fingerprint density at radius 1 is 0.467 bits per heavy atom. The van der Waals surface area contributed by atoms with Crippen LogP contribution in [0, 0.1) is 143 Å². The molecule has 0 aliphatic carbocycles. The summed E-state index contributed by atoms with van der Waals surface area (Å²) in [7, 11) is -2.98. The summed E-state index contributed by atoms with van der Waals surface area (Å²) in [5, 5.41) is 1.51. The molecule has 0 radical (unpaired) electrons. The first-order valence-corrected chi connectivity index (χ1v) is 15.7. The van der Waals surface area contributed by atoms with Crippen molar-refractivity contribution in [1.82, 2.24) is 0 Å². The van der Waals surface area contributed by atoms with Crippen molar-refractivity contribution in [3.8, 4) is 166 Å². The average Bonchev–Trinajstić information content (AvgIpc) is 3.74. The van der Waals surface area contributed by atoms with E-state index in [1.165, 1.54) is 11.8 Å². The third-order valence-electron chi connectivity index (χ3n) is 5.09. The topological polar surface area (TPSA) is 36.9 Å². The summed E-state index contributed by atoms with van der Waals surface area (Å²) in [5.41, 5.74) is 12.5. The fourth-order valence-corrected chi connectivity index (χ4v) is 7.62. The van der Waals surface area contributed by atoms with Crippen LogP contribution in [0.5, 0.6) is 23.0 Å². The van der Waals surface area contributed by atoms with Crippen LogP contribution < -0.4 is 29.6 Å². The normalized spacial score (nSPS) is 9.73. The molecule has 2 aliphatic heterocycles. The van der Waals surface area contributed by atoms with Crippen molar-refractivity contribution >= 4 is 38.2 Å². The molecular weight excluding hydrogens is 614 g/mol. The number of ether oxygens (including phenoxy) is 4. The highest BCUT2D eigenvalue weighted by atomic mass is 32.2. The van der Waals surface area contributed by atoms with Crippen LogP contribution in [-0.4, -0.2) is 13.6 Å². The second-order valence-corrected chi connectivity index (χ2v) is 11.8. The van der Waals surface area contributed by atoms with Gasteiger partial charge in [0.05, 0.1) is 25.6 Å². The Balaban J connectivity index is 1.95. The second-order valence-electron chi connectivity index (χ2n) is 7.59. The summed E-state index contributed by atoms with van der Waals surface area (Å²) < 4.78 is 23.3. The Morgan fingerprint density at radius 3 is 1.16 bits per heavy atom. The second kappa shape index (κ2) is 16.9. The highest BCUT2D eigenvalue weighted by Gasteiger charge is 2.30. The number of hydrogen-bond acceptors (Lipinski definition) is 5. The minimum atomic E-state index is -1.49. The molecule has 4 nitrogen and oxygen atoms in total. The van der Waals surface area contributed by atoms with Crippen molar-refractivity contribution in [2.45, 2.75) is 9.79 Å². The van der Waals surface area contributed by atoms with Crippen molar-refractivity contribution in [2.75, 3.05) is 13.6 Å². The molecule has 7 heteroatoms. The van der Waals surface area contributed by atoms with Gasteiger partial charge in [0, 0.05) is 10.6 Å². The van der Waals surface area contributed by atoms with Gasteiger partial charge in [-0.1, -0.05) is 11.8 Å². The maximum atomic E-state index is 5.95. The molecule has 0 fully saturated rings. The number of terminal acetylenes is 4. The first-order valence-electron chi connectivity index (χ1n) is 12.2. The molecule has 204 valence electrons. The molecule has 0 amide bonds. The number of hydrogen-bond donors (Lipinski definition) is 0. The minimum absolute atomic E-state index is 0.0354. The monoisotopic (exact) mass is 626 g/mol. The number of rotatable bonds is 4. The third kappa shape index (κ3) is 8.32. The van der Waals surface area contributed by atoms with Crippen molar-refractivity contribution in [2.24, 2.45) is 0 Å². The maximum Gasteiger partial charge on any atom is 0.231 e. The SMILES string of the molecule is C#CC#CC#CP(C#CC#CC#C)c1ccc2c(c1Sc1c(P(C#CC#CC#C)C#CC#CC#C)ccc3c1OCO3)OCO2. The van der Waals surface area contributed by atoms with E-state index in [0.717, 1.165) is 10.6 Å². The van der Waals surface area contributed by atoms with Crippen molar-refractivity contribution in [3.05, 3.63) is 24.3 Å². The number of fused-ring (bicyclic) bond motifs is 2. The van der Waals surface area contributed by atoms with E-state index in [-0.39, 0.29) is 13.6 Å². The van der Waals surface area contributed by atoms with Gasteiger partial charge in [-0.25, -0.2) is 0 Å². The smallest absolute Gasteiger partial charge is 0.231 e. The molecule has 2 aromatic rings. The highest BCUT2D eigenvalue weighted by Crippen LogP contribution is 2.53. The van der Waals surface area contributed by atoms with E-state index < -0.39 is 15.8 Å². The molecule has 0 bridgehead atoms. The third-order valence-corrected chi connectivity index (χ3v) is 9.66. The van der Waals surface area contributed by atoms with Crippen LogP contribution in [0.25, 0.3) is 0 Å². The Bertz CT molecular complexity index is 2000. The molecule has 4 rings (SSSR count). The lowest BCUT2D eigenvalue weighted by molar-refractivity contribution is 0.172. The zero-order valence-electron chi connectivity index (χ0n) is 23.0. The van der Waals surface area contributed by atoms with E-state index in [1.54, 1.807) is 12.1 Å². The Hall–Kier alpha value is -6.43. The largest absolute Gasteiger partial charge is 0.454 e. The molecule has 0 aromatic heterocycles. The van der Waals surface area contributed by atoms with E-state index >= 15 is 0 Å². The lowest BCUT2D eigenvalue weighted by Crippen LogP contribution is -2.08. The summed E-state index contributed by atoms with van der Waals surface area (Å²) in [6.07, 6.45) is 21.0. The van der Waals surface area contributed by atoms with E-state index in [1.807, 2.05) is 12.1 Å². The summed E-state index contributed by atoms with van der Waals surface area (Å²) in [5.74, 6) is 42.8. The maximum absolute atomic E-state index is 5.95. The molecule has 0 N–H and O–H groups in total. The predicted octanol–water partition coefficient (Wildman–Crippen LogP) is 3.90. The minimum Gasteiger partial charge on any atom is -0.454 e. The van der Waals surface area contributed by atoms with Gasteiger partial charge < -0.3 is 18.9 Å². The summed E-state index contributed by atoms with van der Waals surface area (Å²) in [6, 6.07) is 7.35. The van der Waals surface area contributed by atoms with Crippen LogP contribution in [0.1, 0.15) is 0 Å². The fraction of sp³-hybridized carbons (Fsp3) is 0.0526. The van der Waals surface area contributed by atoms with E-state index in [2.05, 4.69) is 117 Å². The Kier molecular flexibility index (Phi) is 11.8. The molecule has 0 saturated carbocycles. The molecule has 45 heavy (non-hydrogen) atoms. The fourth-order valence-electron chi connectivity index (χ4n) is 3.43. The van der Waals surface area contributed by atoms with Crippen LogP contribution in [0.4, 0.5) is 0 Å². The van der Waals surface area contributed by atoms with Gasteiger partial charge >= 0.3 is 0 Å². The van der Waals surface area contributed by atoms with Gasteiger partial charge in [-0.3, -0.25) is 0 Å². The summed E-state index contributed by atoms with van der Waals surface area (Å²) in [4.78, 5) is 1.38. The Labute approximate surface area is 270 Å². The van der Waals surface area contributed by atoms with Crippen LogP contribution in [0.3, 0.4) is 0 Å². The summed E-state index contributed by atoms with van der Waals surface area (Å²) >= 11 is 1.36. The van der Waals surface area contributed by atoms with Gasteiger partial charge in [-0.2, -0.15) is 0 Å². The first-order chi connectivity index (χ1) is 22.2. The van der Waals surface area contributed by atoms with Gasteiger partial charge in [0.2, 0.25) is 13.6 Å². The molecule has 0 atom stereocenters. The van der Waals surface area contributed by atoms with Gasteiger partial charge in [-0.15, -0.1) is 25.7 Å². The lowest BCUT2D eigenvalue weighted by Gasteiger charge is -2.17. The molecule has 2 heterocycles. The predicted molar refractivity (Wildman–Crippen MR) is 180 cm³/mol. The zero-order chi connectivity index (χ0) is 31.7. The van der Waals surface area contributed by atoms with Gasteiger partial charge in [0.15, 0.2) is 23.0 Å². The quantitative estimate of drug-likeness (QED) is 0.381. The molecule has 2 aromatic carbocycles. The van der Waals surface area contributed by atoms with Gasteiger partial charge in [0.25, 0.3) is 0 Å². The molecular formula is C38H12O4P2S. The van der Waals surface area contributed by atoms with E-state index in [4.69, 9.17) is 44.6 Å². The van der Waals surface area contributed by atoms with E-state index in [0.29, 0.717) is 32.8 Å². The number of benzene rings is 2. The van der Waals surface area contributed by atoms with Crippen molar-refractivity contribution in [1.29, 1.82) is 0 Å². The average molecular weight is 627 g/mol. The van der Waals surface area contributed by atoms with Crippen LogP contribution in [-0.2, 0) is 0 Å². The van der Waals surface area contributed by atoms with Crippen LogP contribution >= 0.6 is 27.6 Å². The standard InChI is InChI=1S/C38H12O4P2S/c1-5-9-13-17-25-43(26-18-14-10-6-2)33-23-21-31-35(41-29-39-31)37(33)45-38-34(24-22-32-36(38)42-30-40-32)44(27-19-15-11-7-3)28-20-16-12-8-4/h1-4,21-24H,29-30H2. The molecule has 0 spiro atoms. The molecule has 0 saturated heterocycles. The van der Waals surface area contributed by atoms with Gasteiger partial charge in [-0.05, 0) is 142 Å². The first kappa shape index (κ1) is 31.5. The zero-order valence-corrected chi connectivity index (χ0v) is 25.6. The Morgan fingerprint density at radius 2 is 0.822 bits per heavy atom. The van der Waals surface area contributed by atoms with Crippen LogP contribution in [0.2, 0.25) is 0 Å². The highest BCUT2D eigenvalue weighted by molar-refractivity contribution is 8.01. The van der Waals surface area contributed by atoms with Crippen molar-refractivity contribution in [3.63, 3.8) is 0 Å². The lowest BCUT2D eigenvalue weighted by atomic mass is 10.3. The van der Waals surface area contributed by atoms with E-state index in [9.17, 15) is 0 Å². The molecule has 0 unspecified atom stereocenters.